The summed E-state index contributed by atoms with van der Waals surface area (Å²) in [6.07, 6.45) is 14.2. The number of hydrogen-bond acceptors (Lipinski definition) is 2. The second-order valence-electron chi connectivity index (χ2n) is 5.85. The van der Waals surface area contributed by atoms with Gasteiger partial charge in [0.2, 0.25) is 0 Å². The molecule has 0 amide bonds. The first-order chi connectivity index (χ1) is 8.82. The summed E-state index contributed by atoms with van der Waals surface area (Å²) in [6, 6.07) is 0.452. The van der Waals surface area contributed by atoms with Crippen LogP contribution in [-0.2, 0) is 4.74 Å². The Hall–Kier alpha value is -0.340. The fourth-order valence-corrected chi connectivity index (χ4v) is 3.75. The van der Waals surface area contributed by atoms with Crippen molar-refractivity contribution in [2.24, 2.45) is 0 Å². The van der Waals surface area contributed by atoms with E-state index in [-0.39, 0.29) is 5.60 Å². The largest absolute Gasteiger partial charge is 0.376 e. The van der Waals surface area contributed by atoms with E-state index in [1.165, 1.54) is 57.8 Å². The van der Waals surface area contributed by atoms with Crippen molar-refractivity contribution in [1.82, 2.24) is 5.32 Å². The molecule has 2 nitrogen and oxygen atoms in total. The standard InChI is InChI=1S/C16H29NO/c1-3-17-15(14-10-6-4-7-11-14)16(18-2)12-8-5-9-13-16/h10,15,17H,3-9,11-13H2,1-2H3. The van der Waals surface area contributed by atoms with E-state index in [1.807, 2.05) is 7.11 Å². The topological polar surface area (TPSA) is 21.3 Å². The summed E-state index contributed by atoms with van der Waals surface area (Å²) in [7, 11) is 1.92. The molecular weight excluding hydrogens is 222 g/mol. The van der Waals surface area contributed by atoms with Crippen molar-refractivity contribution in [3.05, 3.63) is 11.6 Å². The van der Waals surface area contributed by atoms with Crippen molar-refractivity contribution < 1.29 is 4.74 Å². The number of methoxy groups -OCH3 is 1. The van der Waals surface area contributed by atoms with Gasteiger partial charge < -0.3 is 10.1 Å². The number of likely N-dealkylation sites (N-methyl/N-ethyl adjacent to an activating group) is 1. The third-order valence-electron chi connectivity index (χ3n) is 4.74. The molecule has 2 aliphatic carbocycles. The number of hydrogen-bond donors (Lipinski definition) is 1. The van der Waals surface area contributed by atoms with Crippen LogP contribution in [0.2, 0.25) is 0 Å². The monoisotopic (exact) mass is 251 g/mol. The quantitative estimate of drug-likeness (QED) is 0.750. The van der Waals surface area contributed by atoms with Crippen LogP contribution in [0.3, 0.4) is 0 Å². The highest BCUT2D eigenvalue weighted by Gasteiger charge is 2.41. The Labute approximate surface area is 112 Å². The number of nitrogens with one attached hydrogen (secondary N) is 1. The Bertz CT molecular complexity index is 279. The molecule has 0 aromatic rings. The molecule has 1 saturated carbocycles. The van der Waals surface area contributed by atoms with Crippen LogP contribution < -0.4 is 5.32 Å². The minimum absolute atomic E-state index is 0.0669. The van der Waals surface area contributed by atoms with Gasteiger partial charge in [-0.05, 0) is 45.1 Å². The van der Waals surface area contributed by atoms with Crippen molar-refractivity contribution in [3.8, 4) is 0 Å². The summed E-state index contributed by atoms with van der Waals surface area (Å²) < 4.78 is 6.04. The molecule has 2 heteroatoms. The Balaban J connectivity index is 2.18. The average molecular weight is 251 g/mol. The highest BCUT2D eigenvalue weighted by atomic mass is 16.5. The zero-order valence-corrected chi connectivity index (χ0v) is 12.1. The van der Waals surface area contributed by atoms with Crippen LogP contribution in [-0.4, -0.2) is 25.3 Å². The Morgan fingerprint density at radius 3 is 2.56 bits per heavy atom. The highest BCUT2D eigenvalue weighted by Crippen LogP contribution is 2.38. The highest BCUT2D eigenvalue weighted by molar-refractivity contribution is 5.20. The Kier molecular flexibility index (Phi) is 5.25. The SMILES string of the molecule is CCNC(C1=CCCCC1)C1(OC)CCCCC1. The predicted molar refractivity (Wildman–Crippen MR) is 76.8 cm³/mol. The Morgan fingerprint density at radius 2 is 2.00 bits per heavy atom. The van der Waals surface area contributed by atoms with E-state index in [1.54, 1.807) is 5.57 Å². The zero-order valence-electron chi connectivity index (χ0n) is 12.1. The van der Waals surface area contributed by atoms with Gasteiger partial charge in [-0.3, -0.25) is 0 Å². The van der Waals surface area contributed by atoms with Crippen molar-refractivity contribution in [2.75, 3.05) is 13.7 Å². The third-order valence-corrected chi connectivity index (χ3v) is 4.74. The molecular formula is C16H29NO. The lowest BCUT2D eigenvalue weighted by atomic mass is 9.74. The predicted octanol–water partition coefficient (Wildman–Crippen LogP) is 3.81. The van der Waals surface area contributed by atoms with E-state index in [9.17, 15) is 0 Å². The minimum atomic E-state index is 0.0669. The zero-order chi connectivity index (χ0) is 12.8. The van der Waals surface area contributed by atoms with Crippen LogP contribution in [0.25, 0.3) is 0 Å². The first-order valence-electron chi connectivity index (χ1n) is 7.80. The maximum absolute atomic E-state index is 6.04. The number of ether oxygens (including phenoxy) is 1. The van der Waals surface area contributed by atoms with E-state index in [4.69, 9.17) is 4.74 Å². The lowest BCUT2D eigenvalue weighted by molar-refractivity contribution is -0.0592. The lowest BCUT2D eigenvalue weighted by Crippen LogP contribution is -2.54. The van der Waals surface area contributed by atoms with Gasteiger partial charge in [0.25, 0.3) is 0 Å². The van der Waals surface area contributed by atoms with Gasteiger partial charge in [0.05, 0.1) is 11.6 Å². The molecule has 1 atom stereocenters. The van der Waals surface area contributed by atoms with E-state index >= 15 is 0 Å². The molecule has 2 aliphatic rings. The van der Waals surface area contributed by atoms with E-state index in [2.05, 4.69) is 18.3 Å². The maximum Gasteiger partial charge on any atom is 0.0869 e. The summed E-state index contributed by atoms with van der Waals surface area (Å²) in [5.74, 6) is 0. The number of allylic oxidation sites excluding steroid dienone is 1. The van der Waals surface area contributed by atoms with Crippen LogP contribution in [0.5, 0.6) is 0 Å². The van der Waals surface area contributed by atoms with Gasteiger partial charge in [0, 0.05) is 7.11 Å². The molecule has 0 bridgehead atoms. The van der Waals surface area contributed by atoms with E-state index in [0.717, 1.165) is 6.54 Å². The summed E-state index contributed by atoms with van der Waals surface area (Å²) >= 11 is 0. The summed E-state index contributed by atoms with van der Waals surface area (Å²) in [5.41, 5.74) is 1.68. The molecule has 1 fully saturated rings. The fourth-order valence-electron chi connectivity index (χ4n) is 3.75. The van der Waals surface area contributed by atoms with Gasteiger partial charge in [0.1, 0.15) is 0 Å². The molecule has 18 heavy (non-hydrogen) atoms. The van der Waals surface area contributed by atoms with Gasteiger partial charge in [-0.2, -0.15) is 0 Å². The maximum atomic E-state index is 6.04. The van der Waals surface area contributed by atoms with Gasteiger partial charge in [-0.25, -0.2) is 0 Å². The van der Waals surface area contributed by atoms with Gasteiger partial charge in [-0.1, -0.05) is 37.8 Å². The molecule has 0 heterocycles. The van der Waals surface area contributed by atoms with Crippen molar-refractivity contribution in [2.45, 2.75) is 76.4 Å². The normalized spacial score (nSPS) is 25.6. The molecule has 0 aromatic heterocycles. The van der Waals surface area contributed by atoms with Crippen LogP contribution in [0.1, 0.15) is 64.7 Å². The van der Waals surface area contributed by atoms with Crippen molar-refractivity contribution in [3.63, 3.8) is 0 Å². The van der Waals surface area contributed by atoms with Gasteiger partial charge in [-0.15, -0.1) is 0 Å². The molecule has 0 radical (unpaired) electrons. The third kappa shape index (κ3) is 2.97. The second-order valence-corrected chi connectivity index (χ2v) is 5.85. The molecule has 0 spiro atoms. The van der Waals surface area contributed by atoms with E-state index in [0.29, 0.717) is 6.04 Å². The molecule has 1 unspecified atom stereocenters. The van der Waals surface area contributed by atoms with Crippen LogP contribution in [0.15, 0.2) is 11.6 Å². The van der Waals surface area contributed by atoms with Gasteiger partial charge in [0.15, 0.2) is 0 Å². The smallest absolute Gasteiger partial charge is 0.0869 e. The van der Waals surface area contributed by atoms with Gasteiger partial charge >= 0.3 is 0 Å². The fraction of sp³-hybridized carbons (Fsp3) is 0.875. The molecule has 0 aromatic carbocycles. The van der Waals surface area contributed by atoms with E-state index < -0.39 is 0 Å². The molecule has 104 valence electrons. The summed E-state index contributed by atoms with van der Waals surface area (Å²) in [6.45, 7) is 3.25. The summed E-state index contributed by atoms with van der Waals surface area (Å²) in [4.78, 5) is 0. The van der Waals surface area contributed by atoms with Crippen LogP contribution in [0.4, 0.5) is 0 Å². The molecule has 1 N–H and O–H groups in total. The molecule has 2 rings (SSSR count). The van der Waals surface area contributed by atoms with Crippen molar-refractivity contribution in [1.29, 1.82) is 0 Å². The van der Waals surface area contributed by atoms with Crippen LogP contribution >= 0.6 is 0 Å². The first kappa shape index (κ1) is 14.1. The lowest BCUT2D eigenvalue weighted by Gasteiger charge is -2.44. The van der Waals surface area contributed by atoms with Crippen molar-refractivity contribution >= 4 is 0 Å². The average Bonchev–Trinajstić information content (AvgIpc) is 2.46. The molecule has 0 aliphatic heterocycles. The first-order valence-corrected chi connectivity index (χ1v) is 7.80. The second kappa shape index (κ2) is 6.72. The minimum Gasteiger partial charge on any atom is -0.376 e. The van der Waals surface area contributed by atoms with Crippen LogP contribution in [0, 0.1) is 0 Å². The summed E-state index contributed by atoms with van der Waals surface area (Å²) in [5, 5.41) is 3.72. The number of rotatable bonds is 5. The molecule has 0 saturated heterocycles. The Morgan fingerprint density at radius 1 is 1.22 bits per heavy atom.